The summed E-state index contributed by atoms with van der Waals surface area (Å²) in [6.45, 7) is 6.06. The van der Waals surface area contributed by atoms with Gasteiger partial charge in [0.05, 0.1) is 4.90 Å². The molecule has 0 atom stereocenters. The van der Waals surface area contributed by atoms with E-state index in [0.717, 1.165) is 23.1 Å². The largest absolute Gasteiger partial charge is 0.352 e. The van der Waals surface area contributed by atoms with Crippen molar-refractivity contribution in [2.45, 2.75) is 51.5 Å². The van der Waals surface area contributed by atoms with Crippen LogP contribution in [0.15, 0.2) is 47.4 Å². The summed E-state index contributed by atoms with van der Waals surface area (Å²) < 4.78 is 27.1. The third-order valence-electron chi connectivity index (χ3n) is 4.64. The Labute approximate surface area is 178 Å². The van der Waals surface area contributed by atoms with Crippen LogP contribution >= 0.6 is 0 Å². The molecule has 0 aliphatic carbocycles. The maximum Gasteiger partial charge on any atom is 0.240 e. The van der Waals surface area contributed by atoms with E-state index < -0.39 is 10.0 Å². The highest BCUT2D eigenvalue weighted by atomic mass is 32.2. The first-order valence-corrected chi connectivity index (χ1v) is 11.4. The molecule has 162 valence electrons. The molecular weight excluding hydrogens is 402 g/mol. The Hall–Kier alpha value is -2.71. The smallest absolute Gasteiger partial charge is 0.240 e. The Morgan fingerprint density at radius 1 is 0.900 bits per heavy atom. The van der Waals surface area contributed by atoms with E-state index in [0.29, 0.717) is 18.7 Å². The topological polar surface area (TPSA) is 104 Å². The molecule has 0 aliphatic heterocycles. The van der Waals surface area contributed by atoms with Gasteiger partial charge in [0.2, 0.25) is 21.8 Å². The Balaban J connectivity index is 1.77. The first-order chi connectivity index (χ1) is 14.2. The van der Waals surface area contributed by atoms with E-state index in [2.05, 4.69) is 15.4 Å². The summed E-state index contributed by atoms with van der Waals surface area (Å²) in [4.78, 5) is 23.8. The highest BCUT2D eigenvalue weighted by molar-refractivity contribution is 7.89. The minimum absolute atomic E-state index is 0.0173. The van der Waals surface area contributed by atoms with E-state index >= 15 is 0 Å². The maximum absolute atomic E-state index is 12.3. The summed E-state index contributed by atoms with van der Waals surface area (Å²) >= 11 is 0. The molecule has 0 fully saturated rings. The van der Waals surface area contributed by atoms with Gasteiger partial charge >= 0.3 is 0 Å². The van der Waals surface area contributed by atoms with Gasteiger partial charge in [-0.2, -0.15) is 0 Å². The van der Waals surface area contributed by atoms with Gasteiger partial charge in [-0.25, -0.2) is 13.1 Å². The molecule has 30 heavy (non-hydrogen) atoms. The Kier molecular flexibility index (Phi) is 8.56. The van der Waals surface area contributed by atoms with Crippen LogP contribution in [0.4, 0.5) is 5.69 Å². The third-order valence-corrected chi connectivity index (χ3v) is 6.10. The standard InChI is InChI=1S/C22H29N3O4S/c1-4-5-22(27)25-19-9-7-18(8-10-19)15-23-21(26)12-13-24-30(28,29)20-11-6-16(2)17(3)14-20/h6-11,14,24H,4-5,12-13,15H2,1-3H3,(H,23,26)(H,25,27). The first-order valence-electron chi connectivity index (χ1n) is 9.93. The predicted molar refractivity (Wildman–Crippen MR) is 118 cm³/mol. The van der Waals surface area contributed by atoms with Gasteiger partial charge in [-0.1, -0.05) is 25.1 Å². The zero-order valence-corrected chi connectivity index (χ0v) is 18.4. The Morgan fingerprint density at radius 2 is 1.60 bits per heavy atom. The van der Waals surface area contributed by atoms with Crippen LogP contribution in [0.5, 0.6) is 0 Å². The minimum atomic E-state index is -3.65. The number of carbonyl (C=O) groups is 2. The summed E-state index contributed by atoms with van der Waals surface area (Å²) in [5.41, 5.74) is 3.51. The minimum Gasteiger partial charge on any atom is -0.352 e. The fraction of sp³-hybridized carbons (Fsp3) is 0.364. The summed E-state index contributed by atoms with van der Waals surface area (Å²) in [7, 11) is -3.65. The zero-order valence-electron chi connectivity index (χ0n) is 17.6. The number of nitrogens with one attached hydrogen (secondary N) is 3. The monoisotopic (exact) mass is 431 g/mol. The van der Waals surface area contributed by atoms with Crippen molar-refractivity contribution in [2.24, 2.45) is 0 Å². The fourth-order valence-corrected chi connectivity index (χ4v) is 3.83. The van der Waals surface area contributed by atoms with E-state index in [1.807, 2.05) is 32.9 Å². The highest BCUT2D eigenvalue weighted by Crippen LogP contribution is 2.14. The van der Waals surface area contributed by atoms with Crippen LogP contribution in [0, 0.1) is 13.8 Å². The second-order valence-corrected chi connectivity index (χ2v) is 8.93. The van der Waals surface area contributed by atoms with E-state index in [4.69, 9.17) is 0 Å². The molecule has 0 bridgehead atoms. The van der Waals surface area contributed by atoms with Crippen molar-refractivity contribution in [1.29, 1.82) is 0 Å². The van der Waals surface area contributed by atoms with Crippen molar-refractivity contribution < 1.29 is 18.0 Å². The van der Waals surface area contributed by atoms with Crippen LogP contribution in [-0.4, -0.2) is 26.8 Å². The van der Waals surface area contributed by atoms with Crippen molar-refractivity contribution >= 4 is 27.5 Å². The second-order valence-electron chi connectivity index (χ2n) is 7.17. The van der Waals surface area contributed by atoms with Crippen LogP contribution in [0.3, 0.4) is 0 Å². The van der Waals surface area contributed by atoms with Gasteiger partial charge in [-0.15, -0.1) is 0 Å². The number of aryl methyl sites for hydroxylation is 2. The molecule has 2 rings (SSSR count). The summed E-state index contributed by atoms with van der Waals surface area (Å²) in [6.07, 6.45) is 1.30. The van der Waals surface area contributed by atoms with Gasteiger partial charge in [0.15, 0.2) is 0 Å². The van der Waals surface area contributed by atoms with E-state index in [9.17, 15) is 18.0 Å². The normalized spacial score (nSPS) is 11.2. The molecule has 8 heteroatoms. The molecule has 2 aromatic rings. The summed E-state index contributed by atoms with van der Waals surface area (Å²) in [5, 5.41) is 5.57. The van der Waals surface area contributed by atoms with Crippen LogP contribution in [0.2, 0.25) is 0 Å². The van der Waals surface area contributed by atoms with Crippen molar-refractivity contribution in [3.05, 3.63) is 59.2 Å². The molecule has 2 aromatic carbocycles. The second kappa shape index (κ2) is 10.9. The first kappa shape index (κ1) is 23.6. The molecule has 7 nitrogen and oxygen atoms in total. The number of benzene rings is 2. The number of amides is 2. The van der Waals surface area contributed by atoms with Gasteiger partial charge in [-0.3, -0.25) is 9.59 Å². The molecule has 0 spiro atoms. The lowest BCUT2D eigenvalue weighted by molar-refractivity contribution is -0.121. The van der Waals surface area contributed by atoms with E-state index in [1.165, 1.54) is 0 Å². The molecule has 2 amide bonds. The molecular formula is C22H29N3O4S. The van der Waals surface area contributed by atoms with Gasteiger partial charge in [0.1, 0.15) is 0 Å². The fourth-order valence-electron chi connectivity index (χ4n) is 2.71. The quantitative estimate of drug-likeness (QED) is 0.538. The number of carbonyl (C=O) groups excluding carboxylic acids is 2. The van der Waals surface area contributed by atoms with Crippen molar-refractivity contribution in [3.63, 3.8) is 0 Å². The summed E-state index contributed by atoms with van der Waals surface area (Å²) in [6, 6.07) is 12.1. The molecule has 0 aliphatic rings. The van der Waals surface area contributed by atoms with Crippen molar-refractivity contribution in [3.8, 4) is 0 Å². The van der Waals surface area contributed by atoms with Crippen molar-refractivity contribution in [2.75, 3.05) is 11.9 Å². The number of hydrogen-bond acceptors (Lipinski definition) is 4. The lowest BCUT2D eigenvalue weighted by Crippen LogP contribution is -2.30. The predicted octanol–water partition coefficient (Wildman–Crippen LogP) is 3.03. The van der Waals surface area contributed by atoms with Gasteiger partial charge in [0, 0.05) is 31.6 Å². The molecule has 0 radical (unpaired) electrons. The van der Waals surface area contributed by atoms with Gasteiger partial charge in [-0.05, 0) is 61.2 Å². The van der Waals surface area contributed by atoms with Crippen LogP contribution in [0.1, 0.15) is 42.9 Å². The Bertz CT molecular complexity index is 986. The molecule has 3 N–H and O–H groups in total. The number of sulfonamides is 1. The number of rotatable bonds is 10. The molecule has 0 unspecified atom stereocenters. The molecule has 0 saturated carbocycles. The highest BCUT2D eigenvalue weighted by Gasteiger charge is 2.14. The van der Waals surface area contributed by atoms with Gasteiger partial charge < -0.3 is 10.6 Å². The van der Waals surface area contributed by atoms with E-state index in [-0.39, 0.29) is 29.7 Å². The van der Waals surface area contributed by atoms with Crippen LogP contribution in [0.25, 0.3) is 0 Å². The van der Waals surface area contributed by atoms with Gasteiger partial charge in [0.25, 0.3) is 0 Å². The summed E-state index contributed by atoms with van der Waals surface area (Å²) in [5.74, 6) is -0.278. The van der Waals surface area contributed by atoms with Crippen LogP contribution in [-0.2, 0) is 26.2 Å². The molecule has 0 heterocycles. The van der Waals surface area contributed by atoms with Crippen molar-refractivity contribution in [1.82, 2.24) is 10.0 Å². The zero-order chi connectivity index (χ0) is 22.1. The average molecular weight is 432 g/mol. The molecule has 0 saturated heterocycles. The number of anilines is 1. The molecule has 0 aromatic heterocycles. The van der Waals surface area contributed by atoms with Crippen LogP contribution < -0.4 is 15.4 Å². The average Bonchev–Trinajstić information content (AvgIpc) is 2.69. The third kappa shape index (κ3) is 7.27. The van der Waals surface area contributed by atoms with E-state index in [1.54, 1.807) is 30.3 Å². The lowest BCUT2D eigenvalue weighted by atomic mass is 10.1. The maximum atomic E-state index is 12.3. The SMILES string of the molecule is CCCC(=O)Nc1ccc(CNC(=O)CCNS(=O)(=O)c2ccc(C)c(C)c2)cc1. The number of hydrogen-bond donors (Lipinski definition) is 3. The Morgan fingerprint density at radius 3 is 2.23 bits per heavy atom. The lowest BCUT2D eigenvalue weighted by Gasteiger charge is -2.10.